The fourth-order valence-corrected chi connectivity index (χ4v) is 1.83. The Bertz CT molecular complexity index is 708. The van der Waals surface area contributed by atoms with Crippen LogP contribution in [0.15, 0.2) is 65.3 Å². The molecule has 0 unspecified atom stereocenters. The average molecular weight is 265 g/mol. The minimum Gasteiger partial charge on any atom is -0.302 e. The van der Waals surface area contributed by atoms with Gasteiger partial charge in [-0.3, -0.25) is 4.79 Å². The van der Waals surface area contributed by atoms with Gasteiger partial charge in [-0.15, -0.1) is 0 Å². The standard InChI is InChI=1S/C15H11N3O2/c19-15(12-9-5-2-6-10-12)16-14-13(17-20-18-14)11-7-3-1-4-8-11/h1-10H,(H,16,18,19). The molecule has 0 fully saturated rings. The van der Waals surface area contributed by atoms with E-state index in [9.17, 15) is 4.79 Å². The summed E-state index contributed by atoms with van der Waals surface area (Å²) < 4.78 is 4.72. The lowest BCUT2D eigenvalue weighted by Gasteiger charge is -2.02. The van der Waals surface area contributed by atoms with Crippen molar-refractivity contribution in [1.82, 2.24) is 10.3 Å². The first-order chi connectivity index (χ1) is 9.84. The first kappa shape index (κ1) is 12.1. The van der Waals surface area contributed by atoms with Crippen molar-refractivity contribution in [3.8, 4) is 11.3 Å². The Morgan fingerprint density at radius 3 is 2.25 bits per heavy atom. The molecule has 0 saturated carbocycles. The largest absolute Gasteiger partial charge is 0.302 e. The van der Waals surface area contributed by atoms with Gasteiger partial charge < -0.3 is 5.32 Å². The van der Waals surface area contributed by atoms with E-state index in [4.69, 9.17) is 4.63 Å². The molecular formula is C15H11N3O2. The lowest BCUT2D eigenvalue weighted by Crippen LogP contribution is -2.12. The summed E-state index contributed by atoms with van der Waals surface area (Å²) >= 11 is 0. The van der Waals surface area contributed by atoms with E-state index in [1.807, 2.05) is 36.4 Å². The predicted octanol–water partition coefficient (Wildman–Crippen LogP) is 2.99. The Morgan fingerprint density at radius 1 is 0.900 bits per heavy atom. The van der Waals surface area contributed by atoms with Crippen LogP contribution in [0.3, 0.4) is 0 Å². The van der Waals surface area contributed by atoms with Crippen LogP contribution in [0.25, 0.3) is 11.3 Å². The fraction of sp³-hybridized carbons (Fsp3) is 0. The molecule has 0 atom stereocenters. The van der Waals surface area contributed by atoms with Crippen LogP contribution in [0.1, 0.15) is 10.4 Å². The van der Waals surface area contributed by atoms with E-state index in [2.05, 4.69) is 15.6 Å². The third-order valence-electron chi connectivity index (χ3n) is 2.80. The van der Waals surface area contributed by atoms with Gasteiger partial charge in [0, 0.05) is 11.1 Å². The van der Waals surface area contributed by atoms with Crippen LogP contribution in [-0.2, 0) is 0 Å². The smallest absolute Gasteiger partial charge is 0.256 e. The van der Waals surface area contributed by atoms with Gasteiger partial charge in [0.05, 0.1) is 0 Å². The second kappa shape index (κ2) is 5.36. The number of anilines is 1. The number of rotatable bonds is 3. The molecule has 1 N–H and O–H groups in total. The first-order valence-electron chi connectivity index (χ1n) is 6.09. The zero-order valence-electron chi connectivity index (χ0n) is 10.5. The lowest BCUT2D eigenvalue weighted by atomic mass is 10.1. The van der Waals surface area contributed by atoms with Crippen molar-refractivity contribution in [2.75, 3.05) is 5.32 Å². The van der Waals surface area contributed by atoms with E-state index in [0.29, 0.717) is 17.1 Å². The molecule has 1 amide bonds. The molecule has 20 heavy (non-hydrogen) atoms. The SMILES string of the molecule is O=C(Nc1nonc1-c1ccccc1)c1ccccc1. The van der Waals surface area contributed by atoms with Crippen LogP contribution in [-0.4, -0.2) is 16.2 Å². The molecule has 1 aromatic heterocycles. The predicted molar refractivity (Wildman–Crippen MR) is 74.1 cm³/mol. The topological polar surface area (TPSA) is 68.0 Å². The highest BCUT2D eigenvalue weighted by Crippen LogP contribution is 2.24. The first-order valence-corrected chi connectivity index (χ1v) is 6.09. The van der Waals surface area contributed by atoms with Crippen molar-refractivity contribution in [1.29, 1.82) is 0 Å². The van der Waals surface area contributed by atoms with Crippen molar-refractivity contribution >= 4 is 11.7 Å². The van der Waals surface area contributed by atoms with Gasteiger partial charge in [0.2, 0.25) is 5.82 Å². The molecule has 3 rings (SSSR count). The van der Waals surface area contributed by atoms with Gasteiger partial charge in [0.25, 0.3) is 5.91 Å². The summed E-state index contributed by atoms with van der Waals surface area (Å²) in [6, 6.07) is 18.3. The maximum Gasteiger partial charge on any atom is 0.256 e. The zero-order valence-corrected chi connectivity index (χ0v) is 10.5. The third kappa shape index (κ3) is 2.42. The van der Waals surface area contributed by atoms with Gasteiger partial charge in [-0.1, -0.05) is 48.5 Å². The molecule has 0 radical (unpaired) electrons. The Morgan fingerprint density at radius 2 is 1.55 bits per heavy atom. The van der Waals surface area contributed by atoms with E-state index in [0.717, 1.165) is 5.56 Å². The molecule has 3 aromatic rings. The molecule has 0 aliphatic rings. The van der Waals surface area contributed by atoms with E-state index < -0.39 is 0 Å². The second-order valence-corrected chi connectivity index (χ2v) is 4.15. The highest BCUT2D eigenvalue weighted by molar-refractivity contribution is 6.05. The molecule has 0 spiro atoms. The summed E-state index contributed by atoms with van der Waals surface area (Å²) in [4.78, 5) is 12.1. The van der Waals surface area contributed by atoms with E-state index >= 15 is 0 Å². The number of carbonyl (C=O) groups is 1. The average Bonchev–Trinajstić information content (AvgIpc) is 2.97. The fourth-order valence-electron chi connectivity index (χ4n) is 1.83. The van der Waals surface area contributed by atoms with Crippen LogP contribution in [0.5, 0.6) is 0 Å². The monoisotopic (exact) mass is 265 g/mol. The summed E-state index contributed by atoms with van der Waals surface area (Å²) in [5.74, 6) is 0.0588. The van der Waals surface area contributed by atoms with Crippen molar-refractivity contribution in [3.05, 3.63) is 66.2 Å². The number of nitrogens with zero attached hydrogens (tertiary/aromatic N) is 2. The Kier molecular flexibility index (Phi) is 3.24. The van der Waals surface area contributed by atoms with Gasteiger partial charge in [-0.25, -0.2) is 4.63 Å². The van der Waals surface area contributed by atoms with Crippen molar-refractivity contribution in [2.24, 2.45) is 0 Å². The van der Waals surface area contributed by atoms with Crippen LogP contribution >= 0.6 is 0 Å². The number of aromatic nitrogens is 2. The van der Waals surface area contributed by atoms with Gasteiger partial charge in [0.15, 0.2) is 5.69 Å². The molecule has 0 aliphatic carbocycles. The summed E-state index contributed by atoms with van der Waals surface area (Å²) in [6.45, 7) is 0. The molecule has 2 aromatic carbocycles. The van der Waals surface area contributed by atoms with E-state index in [1.165, 1.54) is 0 Å². The second-order valence-electron chi connectivity index (χ2n) is 4.15. The third-order valence-corrected chi connectivity index (χ3v) is 2.80. The van der Waals surface area contributed by atoms with Crippen molar-refractivity contribution in [3.63, 3.8) is 0 Å². The summed E-state index contributed by atoms with van der Waals surface area (Å²) in [7, 11) is 0. The number of hydrogen-bond acceptors (Lipinski definition) is 4. The Labute approximate surface area is 115 Å². The van der Waals surface area contributed by atoms with Gasteiger partial charge >= 0.3 is 0 Å². The normalized spacial score (nSPS) is 10.2. The number of carbonyl (C=O) groups excluding carboxylic acids is 1. The lowest BCUT2D eigenvalue weighted by molar-refractivity contribution is 0.102. The van der Waals surface area contributed by atoms with Crippen LogP contribution in [0.2, 0.25) is 0 Å². The number of hydrogen-bond donors (Lipinski definition) is 1. The molecule has 5 heteroatoms. The van der Waals surface area contributed by atoms with Crippen molar-refractivity contribution < 1.29 is 9.42 Å². The molecule has 5 nitrogen and oxygen atoms in total. The van der Waals surface area contributed by atoms with E-state index in [-0.39, 0.29) is 5.91 Å². The Hall–Kier alpha value is -2.95. The van der Waals surface area contributed by atoms with Gasteiger partial charge in [-0.05, 0) is 22.4 Å². The van der Waals surface area contributed by atoms with E-state index in [1.54, 1.807) is 24.3 Å². The molecular weight excluding hydrogens is 254 g/mol. The summed E-state index contributed by atoms with van der Waals surface area (Å²) in [6.07, 6.45) is 0. The van der Waals surface area contributed by atoms with Gasteiger partial charge in [-0.2, -0.15) is 0 Å². The Balaban J connectivity index is 1.86. The van der Waals surface area contributed by atoms with Crippen LogP contribution in [0.4, 0.5) is 5.82 Å². The number of nitrogens with one attached hydrogen (secondary N) is 1. The zero-order chi connectivity index (χ0) is 13.8. The van der Waals surface area contributed by atoms with Crippen molar-refractivity contribution in [2.45, 2.75) is 0 Å². The number of amides is 1. The van der Waals surface area contributed by atoms with Crippen LogP contribution < -0.4 is 5.32 Å². The maximum atomic E-state index is 12.1. The minimum absolute atomic E-state index is 0.251. The van der Waals surface area contributed by atoms with Crippen LogP contribution in [0, 0.1) is 0 Å². The summed E-state index contributed by atoms with van der Waals surface area (Å²) in [5, 5.41) is 10.3. The molecule has 0 saturated heterocycles. The minimum atomic E-state index is -0.251. The number of benzene rings is 2. The highest BCUT2D eigenvalue weighted by Gasteiger charge is 2.15. The highest BCUT2D eigenvalue weighted by atomic mass is 16.6. The molecule has 0 aliphatic heterocycles. The molecule has 0 bridgehead atoms. The molecule has 1 heterocycles. The quantitative estimate of drug-likeness (QED) is 0.790. The van der Waals surface area contributed by atoms with Gasteiger partial charge in [0.1, 0.15) is 0 Å². The maximum absolute atomic E-state index is 12.1. The summed E-state index contributed by atoms with van der Waals surface area (Å²) in [5.41, 5.74) is 1.89. The molecule has 98 valence electrons.